The van der Waals surface area contributed by atoms with Gasteiger partial charge in [-0.3, -0.25) is 16.8 Å². The molecule has 0 N–H and O–H groups in total. The van der Waals surface area contributed by atoms with E-state index in [9.17, 15) is 0 Å². The van der Waals surface area contributed by atoms with Crippen LogP contribution < -0.4 is 80.9 Å². The molecule has 0 radical (unpaired) electrons. The van der Waals surface area contributed by atoms with Crippen LogP contribution in [0.3, 0.4) is 0 Å². The van der Waals surface area contributed by atoms with Gasteiger partial charge in [0, 0.05) is 20.8 Å². The summed E-state index contributed by atoms with van der Waals surface area (Å²) >= 11 is 0. The molecule has 0 aromatic carbocycles. The Bertz CT molecular complexity index is 222. The Balaban J connectivity index is -0.0000000178. The van der Waals surface area contributed by atoms with Crippen molar-refractivity contribution >= 4 is 55.5 Å². The monoisotopic (exact) mass is 308 g/mol. The Morgan fingerprint density at radius 1 is 0.643 bits per heavy atom. The summed E-state index contributed by atoms with van der Waals surface area (Å²) in [6, 6.07) is 0. The van der Waals surface area contributed by atoms with Gasteiger partial charge in [0.1, 0.15) is 0 Å². The minimum Gasteiger partial charge on any atom is -0.759 e. The molecule has 0 atom stereocenters. The maximum atomic E-state index is 8.52. The number of rotatable bonds is 0. The van der Waals surface area contributed by atoms with Gasteiger partial charge in [0.25, 0.3) is 0 Å². The first-order valence-electron chi connectivity index (χ1n) is 1.33. The zero-order chi connectivity index (χ0) is 9.00. The van der Waals surface area contributed by atoms with E-state index in [1.165, 1.54) is 0 Å². The van der Waals surface area contributed by atoms with Gasteiger partial charge in [-0.05, 0) is 0 Å². The van der Waals surface area contributed by atoms with Gasteiger partial charge in [-0.1, -0.05) is 0 Å². The van der Waals surface area contributed by atoms with E-state index in [2.05, 4.69) is 0 Å². The summed E-state index contributed by atoms with van der Waals surface area (Å²) < 4.78 is 68.2. The van der Waals surface area contributed by atoms with E-state index in [4.69, 9.17) is 35.0 Å². The molecule has 0 fully saturated rings. The SMILES string of the molecule is O=S(=O)([O-])[O-].O=S(=O)([O-])[O-].[Al+3].[Al+3].[K+].[Na+]. The molecule has 0 heterocycles. The molecule has 14 heavy (non-hydrogen) atoms. The van der Waals surface area contributed by atoms with Gasteiger partial charge >= 0.3 is 116 Å². The van der Waals surface area contributed by atoms with Crippen LogP contribution in [0.1, 0.15) is 0 Å². The quantitative estimate of drug-likeness (QED) is 0.242. The van der Waals surface area contributed by atoms with Gasteiger partial charge in [-0.2, -0.15) is 0 Å². The van der Waals surface area contributed by atoms with E-state index in [0.717, 1.165) is 0 Å². The van der Waals surface area contributed by atoms with E-state index in [0.29, 0.717) is 0 Å². The number of hydrogen-bond donors (Lipinski definition) is 0. The summed E-state index contributed by atoms with van der Waals surface area (Å²) in [6.45, 7) is 0. The van der Waals surface area contributed by atoms with Crippen molar-refractivity contribution in [2.75, 3.05) is 0 Å². The summed E-state index contributed by atoms with van der Waals surface area (Å²) in [6.07, 6.45) is 0. The fourth-order valence-corrected chi connectivity index (χ4v) is 0. The van der Waals surface area contributed by atoms with Crippen LogP contribution in [0.5, 0.6) is 0 Å². The van der Waals surface area contributed by atoms with E-state index in [1.807, 2.05) is 0 Å². The van der Waals surface area contributed by atoms with E-state index < -0.39 is 20.8 Å². The maximum absolute atomic E-state index is 8.52. The van der Waals surface area contributed by atoms with Gasteiger partial charge in [0.15, 0.2) is 0 Å². The first-order valence-corrected chi connectivity index (χ1v) is 4.00. The summed E-state index contributed by atoms with van der Waals surface area (Å²) in [5.74, 6) is 0. The minimum atomic E-state index is -5.17. The Labute approximate surface area is 168 Å². The summed E-state index contributed by atoms with van der Waals surface area (Å²) in [7, 11) is -10.3. The van der Waals surface area contributed by atoms with Gasteiger partial charge in [-0.25, -0.2) is 0 Å². The molecule has 14 heteroatoms. The van der Waals surface area contributed by atoms with Crippen LogP contribution in [0, 0.1) is 0 Å². The Morgan fingerprint density at radius 2 is 0.643 bits per heavy atom. The zero-order valence-electron chi connectivity index (χ0n) is 7.24. The van der Waals surface area contributed by atoms with Crippen molar-refractivity contribution in [2.24, 2.45) is 0 Å². The van der Waals surface area contributed by atoms with Crippen molar-refractivity contribution in [3.8, 4) is 0 Å². The van der Waals surface area contributed by atoms with Crippen LogP contribution in [-0.4, -0.2) is 69.8 Å². The average molecular weight is 308 g/mol. The predicted octanol–water partition coefficient (Wildman–Crippen LogP) is -9.43. The van der Waals surface area contributed by atoms with Crippen LogP contribution in [0.2, 0.25) is 0 Å². The van der Waals surface area contributed by atoms with Crippen LogP contribution in [-0.2, 0) is 20.8 Å². The van der Waals surface area contributed by atoms with Crippen molar-refractivity contribution in [3.05, 3.63) is 0 Å². The van der Waals surface area contributed by atoms with Crippen LogP contribution in [0.4, 0.5) is 0 Å². The molecule has 0 aromatic rings. The topological polar surface area (TPSA) is 161 Å². The normalized spacial score (nSPS) is 8.29. The molecular weight excluding hydrogens is 308 g/mol. The fraction of sp³-hybridized carbons (Fsp3) is 0. The molecular formula is Al2KNaO8S2+4. The minimum absolute atomic E-state index is 0. The molecule has 8 nitrogen and oxygen atoms in total. The molecule has 0 aliphatic heterocycles. The molecule has 64 valence electrons. The van der Waals surface area contributed by atoms with Gasteiger partial charge in [0.05, 0.1) is 0 Å². The zero-order valence-corrected chi connectivity index (χ0v) is 16.3. The van der Waals surface area contributed by atoms with E-state index >= 15 is 0 Å². The standard InChI is InChI=1S/2Al.K.Na.2H2O4S/c;;;;2*1-5(2,3)4/h;;;;2*(H2,1,2,3,4)/q2*+3;2*+1;;/p-4. The Morgan fingerprint density at radius 3 is 0.643 bits per heavy atom. The number of hydrogen-bond acceptors (Lipinski definition) is 8. The maximum Gasteiger partial charge on any atom is 3.00 e. The van der Waals surface area contributed by atoms with E-state index in [-0.39, 0.29) is 116 Å². The molecule has 0 spiro atoms. The first kappa shape index (κ1) is 36.0. The van der Waals surface area contributed by atoms with Crippen molar-refractivity contribution in [1.29, 1.82) is 0 Å². The van der Waals surface area contributed by atoms with Crippen LogP contribution >= 0.6 is 0 Å². The summed E-state index contributed by atoms with van der Waals surface area (Å²) in [4.78, 5) is 0. The van der Waals surface area contributed by atoms with Crippen LogP contribution in [0.15, 0.2) is 0 Å². The smallest absolute Gasteiger partial charge is 0.759 e. The van der Waals surface area contributed by atoms with Gasteiger partial charge in [-0.15, -0.1) is 0 Å². The predicted molar refractivity (Wildman–Crippen MR) is 32.5 cm³/mol. The third-order valence-electron chi connectivity index (χ3n) is 0. The molecule has 0 amide bonds. The molecule has 0 unspecified atom stereocenters. The molecule has 0 aliphatic carbocycles. The molecule has 0 rings (SSSR count). The molecule has 0 saturated heterocycles. The summed E-state index contributed by atoms with van der Waals surface area (Å²) in [5, 5.41) is 0. The molecule has 0 saturated carbocycles. The average Bonchev–Trinajstić information content (AvgIpc) is 1.12. The third-order valence-corrected chi connectivity index (χ3v) is 0. The second-order valence-corrected chi connectivity index (χ2v) is 2.45. The van der Waals surface area contributed by atoms with Gasteiger partial charge in [0.2, 0.25) is 0 Å². The third kappa shape index (κ3) is 272. The molecule has 0 aromatic heterocycles. The Kier molecular flexibility index (Phi) is 42.3. The van der Waals surface area contributed by atoms with Crippen molar-refractivity contribution in [2.45, 2.75) is 0 Å². The van der Waals surface area contributed by atoms with E-state index in [1.54, 1.807) is 0 Å². The molecule has 0 aliphatic rings. The second kappa shape index (κ2) is 16.4. The first-order chi connectivity index (χ1) is 4.00. The van der Waals surface area contributed by atoms with Gasteiger partial charge < -0.3 is 18.2 Å². The summed E-state index contributed by atoms with van der Waals surface area (Å²) in [5.41, 5.74) is 0. The van der Waals surface area contributed by atoms with Crippen molar-refractivity contribution in [1.82, 2.24) is 0 Å². The fourth-order valence-electron chi connectivity index (χ4n) is 0. The van der Waals surface area contributed by atoms with Crippen molar-refractivity contribution < 1.29 is 116 Å². The Hall–Kier alpha value is 3.44. The van der Waals surface area contributed by atoms with Crippen LogP contribution in [0.25, 0.3) is 0 Å². The largest absolute Gasteiger partial charge is 3.00 e. The van der Waals surface area contributed by atoms with Crippen molar-refractivity contribution in [3.63, 3.8) is 0 Å². The molecule has 0 bridgehead atoms. The second-order valence-electron chi connectivity index (χ2n) is 0.816.